The van der Waals surface area contributed by atoms with Crippen molar-refractivity contribution < 1.29 is 19.3 Å². The van der Waals surface area contributed by atoms with Crippen LogP contribution in [0.25, 0.3) is 4.96 Å². The Hall–Kier alpha value is -2.52. The molecule has 8 nitrogen and oxygen atoms in total. The van der Waals surface area contributed by atoms with Crippen LogP contribution in [0.15, 0.2) is 12.1 Å². The Labute approximate surface area is 180 Å². The van der Waals surface area contributed by atoms with Crippen LogP contribution in [0.1, 0.15) is 42.1 Å². The first-order valence-corrected chi connectivity index (χ1v) is 10.9. The number of likely N-dealkylation sites (tertiary alicyclic amines) is 1. The van der Waals surface area contributed by atoms with Gasteiger partial charge in [0.2, 0.25) is 16.6 Å². The topological polar surface area (TPSA) is 81.4 Å². The number of aryl methyl sites for hydroxylation is 1. The average molecular weight is 433 g/mol. The first kappa shape index (κ1) is 20.7. The molecule has 0 bridgehead atoms. The maximum Gasteiger partial charge on any atom is 0.230 e. The van der Waals surface area contributed by atoms with Crippen molar-refractivity contribution in [3.05, 3.63) is 28.4 Å². The summed E-state index contributed by atoms with van der Waals surface area (Å²) in [4.78, 5) is 8.35. The summed E-state index contributed by atoms with van der Waals surface area (Å²) in [6, 6.07) is 3.76. The number of nitrogens with zero attached hydrogens (tertiary/aromatic N) is 4. The summed E-state index contributed by atoms with van der Waals surface area (Å²) in [6.45, 7) is 5.97. The molecule has 0 unspecified atom stereocenters. The van der Waals surface area contributed by atoms with Gasteiger partial charge >= 0.3 is 0 Å². The molecule has 0 aliphatic carbocycles. The van der Waals surface area contributed by atoms with Crippen LogP contribution in [0.2, 0.25) is 0 Å². The minimum absolute atomic E-state index is 0.132. The number of hydrogen-bond acceptors (Lipinski definition) is 8. The van der Waals surface area contributed by atoms with Crippen molar-refractivity contribution in [1.29, 1.82) is 0 Å². The lowest BCUT2D eigenvalue weighted by atomic mass is 9.95. The molecular formula is C21H28N4O4S. The third kappa shape index (κ3) is 3.56. The summed E-state index contributed by atoms with van der Waals surface area (Å²) in [6.07, 6.45) is 2.32. The molecule has 30 heavy (non-hydrogen) atoms. The second kappa shape index (κ2) is 8.31. The lowest BCUT2D eigenvalue weighted by Crippen LogP contribution is -2.37. The molecule has 1 aliphatic heterocycles. The molecule has 0 radical (unpaired) electrons. The average Bonchev–Trinajstić information content (AvgIpc) is 3.24. The van der Waals surface area contributed by atoms with Crippen LogP contribution in [0, 0.1) is 12.8 Å². The number of hydrogen-bond donors (Lipinski definition) is 1. The number of benzene rings is 1. The highest BCUT2D eigenvalue weighted by atomic mass is 32.1. The second-order valence-corrected chi connectivity index (χ2v) is 8.76. The smallest absolute Gasteiger partial charge is 0.230 e. The molecule has 0 spiro atoms. The number of methoxy groups -OCH3 is 3. The number of ether oxygens (including phenoxy) is 3. The third-order valence-corrected chi connectivity index (χ3v) is 6.68. The standard InChI is InChI=1S/C21H28N4O4S/c1-12-7-6-8-24(11-12)17(19-20(26)25-21(30-19)22-13(2)23-25)14-9-15(27-3)18(29-5)16(10-14)28-4/h9-10,12,17,26H,6-8,11H2,1-5H3/t12-,17-/m0/s1. The van der Waals surface area contributed by atoms with Gasteiger partial charge in [-0.25, -0.2) is 4.98 Å². The summed E-state index contributed by atoms with van der Waals surface area (Å²) in [5.74, 6) is 3.09. The van der Waals surface area contributed by atoms with E-state index in [0.717, 1.165) is 30.0 Å². The van der Waals surface area contributed by atoms with E-state index in [1.807, 2.05) is 19.1 Å². The normalized spacial score (nSPS) is 18.5. The largest absolute Gasteiger partial charge is 0.493 e. The fourth-order valence-corrected chi connectivity index (χ4v) is 5.44. The highest BCUT2D eigenvalue weighted by Crippen LogP contribution is 2.46. The van der Waals surface area contributed by atoms with E-state index in [2.05, 4.69) is 21.9 Å². The number of piperidine rings is 1. The molecular weight excluding hydrogens is 404 g/mol. The van der Waals surface area contributed by atoms with Crippen LogP contribution in [-0.4, -0.2) is 59.0 Å². The number of thiazole rings is 1. The van der Waals surface area contributed by atoms with Crippen molar-refractivity contribution >= 4 is 16.3 Å². The van der Waals surface area contributed by atoms with Crippen LogP contribution in [-0.2, 0) is 0 Å². The molecule has 1 saturated heterocycles. The molecule has 2 aromatic heterocycles. The first-order valence-electron chi connectivity index (χ1n) is 10.1. The molecule has 1 fully saturated rings. The Morgan fingerprint density at radius 1 is 1.17 bits per heavy atom. The van der Waals surface area contributed by atoms with Gasteiger partial charge in [0.05, 0.1) is 32.2 Å². The van der Waals surface area contributed by atoms with Crippen molar-refractivity contribution in [2.24, 2.45) is 5.92 Å². The Balaban J connectivity index is 1.89. The highest BCUT2D eigenvalue weighted by molar-refractivity contribution is 7.17. The predicted molar refractivity (Wildman–Crippen MR) is 115 cm³/mol. The van der Waals surface area contributed by atoms with E-state index in [0.29, 0.717) is 34.0 Å². The van der Waals surface area contributed by atoms with E-state index in [1.54, 1.807) is 21.3 Å². The van der Waals surface area contributed by atoms with Gasteiger partial charge < -0.3 is 19.3 Å². The molecule has 2 atom stereocenters. The van der Waals surface area contributed by atoms with Crippen LogP contribution in [0.4, 0.5) is 0 Å². The van der Waals surface area contributed by atoms with Gasteiger partial charge in [-0.15, -0.1) is 5.10 Å². The summed E-state index contributed by atoms with van der Waals surface area (Å²) in [5.41, 5.74) is 0.968. The van der Waals surface area contributed by atoms with E-state index >= 15 is 0 Å². The van der Waals surface area contributed by atoms with Gasteiger partial charge in [0.25, 0.3) is 0 Å². The fourth-order valence-electron chi connectivity index (χ4n) is 4.27. The lowest BCUT2D eigenvalue weighted by molar-refractivity contribution is 0.148. The lowest BCUT2D eigenvalue weighted by Gasteiger charge is -2.37. The van der Waals surface area contributed by atoms with Crippen LogP contribution >= 0.6 is 11.3 Å². The summed E-state index contributed by atoms with van der Waals surface area (Å²) in [7, 11) is 4.82. The van der Waals surface area contributed by atoms with Gasteiger partial charge in [0.1, 0.15) is 5.82 Å². The quantitative estimate of drug-likeness (QED) is 0.637. The maximum absolute atomic E-state index is 11.0. The number of aromatic nitrogens is 3. The Kier molecular flexibility index (Phi) is 5.75. The van der Waals surface area contributed by atoms with Crippen molar-refractivity contribution in [3.63, 3.8) is 0 Å². The number of aromatic hydroxyl groups is 1. The minimum atomic E-state index is -0.171. The Morgan fingerprint density at radius 2 is 1.87 bits per heavy atom. The zero-order valence-electron chi connectivity index (χ0n) is 18.0. The van der Waals surface area contributed by atoms with Crippen LogP contribution in [0.5, 0.6) is 23.1 Å². The van der Waals surface area contributed by atoms with Gasteiger partial charge in [0.15, 0.2) is 11.5 Å². The molecule has 1 N–H and O–H groups in total. The minimum Gasteiger partial charge on any atom is -0.493 e. The van der Waals surface area contributed by atoms with Crippen LogP contribution < -0.4 is 14.2 Å². The van der Waals surface area contributed by atoms with E-state index in [-0.39, 0.29) is 11.9 Å². The summed E-state index contributed by atoms with van der Waals surface area (Å²) in [5, 5.41) is 15.4. The molecule has 0 amide bonds. The zero-order valence-corrected chi connectivity index (χ0v) is 18.8. The summed E-state index contributed by atoms with van der Waals surface area (Å²) >= 11 is 1.46. The van der Waals surface area contributed by atoms with E-state index < -0.39 is 0 Å². The molecule has 162 valence electrons. The van der Waals surface area contributed by atoms with E-state index in [4.69, 9.17) is 14.2 Å². The van der Waals surface area contributed by atoms with Crippen molar-refractivity contribution in [2.75, 3.05) is 34.4 Å². The van der Waals surface area contributed by atoms with Crippen molar-refractivity contribution in [3.8, 4) is 23.1 Å². The van der Waals surface area contributed by atoms with Gasteiger partial charge in [0, 0.05) is 6.54 Å². The highest BCUT2D eigenvalue weighted by Gasteiger charge is 2.33. The molecule has 3 heterocycles. The maximum atomic E-state index is 11.0. The van der Waals surface area contributed by atoms with E-state index in [1.165, 1.54) is 22.3 Å². The predicted octanol–water partition coefficient (Wildman–Crippen LogP) is 3.65. The second-order valence-electron chi connectivity index (χ2n) is 7.75. The molecule has 1 aromatic carbocycles. The Bertz CT molecular complexity index is 1020. The van der Waals surface area contributed by atoms with Gasteiger partial charge in [-0.05, 0) is 49.9 Å². The molecule has 1 aliphatic rings. The van der Waals surface area contributed by atoms with Crippen LogP contribution in [0.3, 0.4) is 0 Å². The fraction of sp³-hybridized carbons (Fsp3) is 0.524. The van der Waals surface area contributed by atoms with Crippen molar-refractivity contribution in [1.82, 2.24) is 19.5 Å². The van der Waals surface area contributed by atoms with Gasteiger partial charge in [-0.2, -0.15) is 4.52 Å². The number of rotatable bonds is 6. The third-order valence-electron chi connectivity index (χ3n) is 5.61. The van der Waals surface area contributed by atoms with Crippen molar-refractivity contribution in [2.45, 2.75) is 32.7 Å². The SMILES string of the molecule is COc1cc([C@@H](c2sc3nc(C)nn3c2O)N2CCC[C@H](C)C2)cc(OC)c1OC. The molecule has 9 heteroatoms. The van der Waals surface area contributed by atoms with E-state index in [9.17, 15) is 5.11 Å². The summed E-state index contributed by atoms with van der Waals surface area (Å²) < 4.78 is 18.2. The zero-order chi connectivity index (χ0) is 21.4. The number of fused-ring (bicyclic) bond motifs is 1. The van der Waals surface area contributed by atoms with Gasteiger partial charge in [-0.1, -0.05) is 18.3 Å². The first-order chi connectivity index (χ1) is 14.5. The Morgan fingerprint density at radius 3 is 2.43 bits per heavy atom. The van der Waals surface area contributed by atoms with Gasteiger partial charge in [-0.3, -0.25) is 4.90 Å². The molecule has 3 aromatic rings. The molecule has 4 rings (SSSR count). The monoisotopic (exact) mass is 432 g/mol. The molecule has 0 saturated carbocycles.